The Balaban J connectivity index is 1.69. The molecular weight excluding hydrogens is 430 g/mol. The maximum absolute atomic E-state index is 13.7. The number of aromatic nitrogens is 4. The Morgan fingerprint density at radius 2 is 2.03 bits per heavy atom. The van der Waals surface area contributed by atoms with Crippen molar-refractivity contribution in [3.63, 3.8) is 0 Å². The quantitative estimate of drug-likeness (QED) is 0.642. The van der Waals surface area contributed by atoms with Crippen molar-refractivity contribution in [2.75, 3.05) is 31.7 Å². The number of nitrogens with zero attached hydrogens (tertiary/aromatic N) is 5. The summed E-state index contributed by atoms with van der Waals surface area (Å²) in [5.41, 5.74) is 3.36. The summed E-state index contributed by atoms with van der Waals surface area (Å²) in [5.74, 6) is 0.270. The highest BCUT2D eigenvalue weighted by molar-refractivity contribution is 5.97. The third-order valence-corrected chi connectivity index (χ3v) is 6.42. The first kappa shape index (κ1) is 21.7. The molecule has 0 aliphatic carbocycles. The molecule has 33 heavy (non-hydrogen) atoms. The number of alkyl halides is 2. The highest BCUT2D eigenvalue weighted by Gasteiger charge is 2.29. The number of ether oxygens (including phenoxy) is 1. The number of pyridine rings is 2. The summed E-state index contributed by atoms with van der Waals surface area (Å²) < 4.78 is 34.8. The Morgan fingerprint density at radius 1 is 1.24 bits per heavy atom. The fraction of sp³-hybridized carbons (Fsp3) is 0.478. The molecular formula is C23H26F2N6O2. The minimum absolute atomic E-state index is 0.0761. The van der Waals surface area contributed by atoms with Crippen LogP contribution in [-0.2, 0) is 11.2 Å². The van der Waals surface area contributed by atoms with Gasteiger partial charge in [0.15, 0.2) is 5.82 Å². The monoisotopic (exact) mass is 456 g/mol. The lowest BCUT2D eigenvalue weighted by Gasteiger charge is -2.30. The molecule has 0 unspecified atom stereocenters. The fourth-order valence-corrected chi connectivity index (χ4v) is 4.69. The molecule has 2 aliphatic rings. The van der Waals surface area contributed by atoms with Crippen LogP contribution in [0.4, 0.5) is 20.3 Å². The second-order valence-electron chi connectivity index (χ2n) is 8.44. The van der Waals surface area contributed by atoms with Gasteiger partial charge in [-0.15, -0.1) is 0 Å². The third-order valence-electron chi connectivity index (χ3n) is 6.42. The SMILES string of the molecule is CNC(=O)c1ccc2c(n1)c(N1CCCc3nc(C)c(C(F)F)cc31)nn2C1CCOCC1. The van der Waals surface area contributed by atoms with Gasteiger partial charge in [-0.3, -0.25) is 14.5 Å². The number of nitrogens with one attached hydrogen (secondary N) is 1. The van der Waals surface area contributed by atoms with Gasteiger partial charge < -0.3 is 15.0 Å². The van der Waals surface area contributed by atoms with Gasteiger partial charge in [-0.25, -0.2) is 13.8 Å². The number of hydrogen-bond acceptors (Lipinski definition) is 6. The minimum atomic E-state index is -2.61. The topological polar surface area (TPSA) is 85.2 Å². The van der Waals surface area contributed by atoms with Crippen molar-refractivity contribution in [1.82, 2.24) is 25.1 Å². The van der Waals surface area contributed by atoms with Gasteiger partial charge in [0.05, 0.1) is 22.9 Å². The molecule has 3 aromatic heterocycles. The van der Waals surface area contributed by atoms with E-state index in [0.29, 0.717) is 48.9 Å². The molecule has 5 rings (SSSR count). The summed E-state index contributed by atoms with van der Waals surface area (Å²) >= 11 is 0. The summed E-state index contributed by atoms with van der Waals surface area (Å²) in [4.78, 5) is 23.3. The molecule has 1 amide bonds. The van der Waals surface area contributed by atoms with Gasteiger partial charge in [-0.2, -0.15) is 5.10 Å². The zero-order chi connectivity index (χ0) is 23.1. The number of fused-ring (bicyclic) bond motifs is 2. The largest absolute Gasteiger partial charge is 0.381 e. The molecule has 0 atom stereocenters. The van der Waals surface area contributed by atoms with E-state index in [0.717, 1.165) is 30.5 Å². The van der Waals surface area contributed by atoms with Crippen LogP contribution >= 0.6 is 0 Å². The Hall–Kier alpha value is -3.14. The summed E-state index contributed by atoms with van der Waals surface area (Å²) in [5, 5.41) is 7.54. The van der Waals surface area contributed by atoms with E-state index in [1.807, 2.05) is 15.6 Å². The van der Waals surface area contributed by atoms with E-state index in [4.69, 9.17) is 9.84 Å². The normalized spacial score (nSPS) is 16.9. The van der Waals surface area contributed by atoms with E-state index in [-0.39, 0.29) is 23.2 Å². The average molecular weight is 456 g/mol. The van der Waals surface area contributed by atoms with Crippen molar-refractivity contribution in [3.05, 3.63) is 40.8 Å². The molecule has 0 bridgehead atoms. The first-order valence-electron chi connectivity index (χ1n) is 11.2. The van der Waals surface area contributed by atoms with Crippen molar-refractivity contribution in [3.8, 4) is 0 Å². The Labute approximate surface area is 190 Å². The van der Waals surface area contributed by atoms with Crippen LogP contribution in [0.3, 0.4) is 0 Å². The standard InChI is InChI=1S/C23H26F2N6O2/c1-13-15(21(24)25)12-19-16(27-13)4-3-9-30(19)22-20-18(6-5-17(28-20)23(32)26-2)31(29-22)14-7-10-33-11-8-14/h5-6,12,14,21H,3-4,7-11H2,1-2H3,(H,26,32). The molecule has 1 saturated heterocycles. The van der Waals surface area contributed by atoms with Crippen molar-refractivity contribution in [2.24, 2.45) is 0 Å². The van der Waals surface area contributed by atoms with Gasteiger partial charge in [-0.1, -0.05) is 0 Å². The van der Waals surface area contributed by atoms with Crippen LogP contribution in [0.25, 0.3) is 11.0 Å². The fourth-order valence-electron chi connectivity index (χ4n) is 4.69. The molecule has 2 aliphatic heterocycles. The summed E-state index contributed by atoms with van der Waals surface area (Å²) in [6.07, 6.45) is 0.557. The summed E-state index contributed by atoms with van der Waals surface area (Å²) in [6, 6.07) is 5.22. The van der Waals surface area contributed by atoms with E-state index in [1.54, 1.807) is 20.0 Å². The van der Waals surface area contributed by atoms with E-state index in [1.165, 1.54) is 6.07 Å². The molecule has 0 radical (unpaired) electrons. The van der Waals surface area contributed by atoms with Gasteiger partial charge >= 0.3 is 0 Å². The van der Waals surface area contributed by atoms with Gasteiger partial charge in [0, 0.05) is 38.1 Å². The molecule has 1 fully saturated rings. The average Bonchev–Trinajstić information content (AvgIpc) is 3.21. The highest BCUT2D eigenvalue weighted by Crippen LogP contribution is 2.39. The lowest BCUT2D eigenvalue weighted by Crippen LogP contribution is -2.27. The van der Waals surface area contributed by atoms with Crippen LogP contribution in [0.2, 0.25) is 0 Å². The summed E-state index contributed by atoms with van der Waals surface area (Å²) in [7, 11) is 1.56. The zero-order valence-electron chi connectivity index (χ0n) is 18.6. The molecule has 1 N–H and O–H groups in total. The molecule has 0 aromatic carbocycles. The van der Waals surface area contributed by atoms with Gasteiger partial charge in [0.25, 0.3) is 12.3 Å². The lowest BCUT2D eigenvalue weighted by atomic mass is 10.0. The number of halogens is 2. The first-order chi connectivity index (χ1) is 16.0. The van der Waals surface area contributed by atoms with Crippen LogP contribution < -0.4 is 10.2 Å². The van der Waals surface area contributed by atoms with Gasteiger partial charge in [0.2, 0.25) is 0 Å². The van der Waals surface area contributed by atoms with Crippen molar-refractivity contribution in [1.29, 1.82) is 0 Å². The van der Waals surface area contributed by atoms with E-state index >= 15 is 0 Å². The summed E-state index contributed by atoms with van der Waals surface area (Å²) in [6.45, 7) is 3.52. The number of rotatable bonds is 4. The predicted octanol–water partition coefficient (Wildman–Crippen LogP) is 3.87. The van der Waals surface area contributed by atoms with Crippen LogP contribution in [0, 0.1) is 6.92 Å². The van der Waals surface area contributed by atoms with Crippen molar-refractivity contribution >= 4 is 28.4 Å². The van der Waals surface area contributed by atoms with Gasteiger partial charge in [-0.05, 0) is 50.8 Å². The maximum Gasteiger partial charge on any atom is 0.269 e. The molecule has 5 heterocycles. The second kappa shape index (κ2) is 8.66. The number of aryl methyl sites for hydroxylation is 2. The zero-order valence-corrected chi connectivity index (χ0v) is 18.6. The van der Waals surface area contributed by atoms with E-state index < -0.39 is 6.43 Å². The molecule has 8 nitrogen and oxygen atoms in total. The molecule has 3 aromatic rings. The number of carbonyl (C=O) groups is 1. The van der Waals surface area contributed by atoms with Crippen molar-refractivity contribution < 1.29 is 18.3 Å². The number of anilines is 2. The molecule has 174 valence electrons. The van der Waals surface area contributed by atoms with Crippen LogP contribution in [-0.4, -0.2) is 52.5 Å². The van der Waals surface area contributed by atoms with E-state index in [2.05, 4.69) is 15.3 Å². The van der Waals surface area contributed by atoms with Crippen LogP contribution in [0.15, 0.2) is 18.2 Å². The van der Waals surface area contributed by atoms with Gasteiger partial charge in [0.1, 0.15) is 11.2 Å². The highest BCUT2D eigenvalue weighted by atomic mass is 19.3. The maximum atomic E-state index is 13.7. The third kappa shape index (κ3) is 3.82. The van der Waals surface area contributed by atoms with Crippen molar-refractivity contribution in [2.45, 2.75) is 45.1 Å². The molecule has 0 spiro atoms. The Kier molecular flexibility index (Phi) is 5.69. The number of hydrogen-bond donors (Lipinski definition) is 1. The Morgan fingerprint density at radius 3 is 2.76 bits per heavy atom. The minimum Gasteiger partial charge on any atom is -0.381 e. The smallest absolute Gasteiger partial charge is 0.269 e. The number of amides is 1. The number of carbonyl (C=O) groups excluding carboxylic acids is 1. The predicted molar refractivity (Wildman–Crippen MR) is 119 cm³/mol. The molecule has 10 heteroatoms. The molecule has 0 saturated carbocycles. The second-order valence-corrected chi connectivity index (χ2v) is 8.44. The van der Waals surface area contributed by atoms with Crippen LogP contribution in [0.1, 0.15) is 59.2 Å². The first-order valence-corrected chi connectivity index (χ1v) is 11.2. The lowest BCUT2D eigenvalue weighted by molar-refractivity contribution is 0.0675. The Bertz CT molecular complexity index is 1210. The van der Waals surface area contributed by atoms with Crippen LogP contribution in [0.5, 0.6) is 0 Å². The van der Waals surface area contributed by atoms with E-state index in [9.17, 15) is 13.6 Å².